The van der Waals surface area contributed by atoms with E-state index in [0.717, 1.165) is 26.6 Å². The molecule has 7 heteroatoms. The molecule has 4 aromatic rings. The largest absolute Gasteiger partial charge is 0.497 e. The van der Waals surface area contributed by atoms with Crippen molar-refractivity contribution in [1.82, 2.24) is 4.98 Å². The Morgan fingerprint density at radius 3 is 2.65 bits per heavy atom. The second kappa shape index (κ2) is 9.58. The highest BCUT2D eigenvalue weighted by molar-refractivity contribution is 8.00. The van der Waals surface area contributed by atoms with Crippen LogP contribution in [-0.4, -0.2) is 23.8 Å². The van der Waals surface area contributed by atoms with Crippen LogP contribution in [0.25, 0.3) is 10.2 Å². The van der Waals surface area contributed by atoms with Crippen LogP contribution in [0, 0.1) is 0 Å². The summed E-state index contributed by atoms with van der Waals surface area (Å²) in [5.41, 5.74) is 2.16. The van der Waals surface area contributed by atoms with Gasteiger partial charge in [-0.3, -0.25) is 9.69 Å². The highest BCUT2D eigenvalue weighted by atomic mass is 32.2. The Hall–Kier alpha value is -2.77. The molecular weight excluding hydrogens is 428 g/mol. The number of rotatable bonds is 8. The molecule has 0 bridgehead atoms. The van der Waals surface area contributed by atoms with Crippen LogP contribution in [0.1, 0.15) is 31.1 Å². The van der Waals surface area contributed by atoms with Gasteiger partial charge in [0, 0.05) is 4.90 Å². The second-order valence-electron chi connectivity index (χ2n) is 7.37. The molecule has 0 aliphatic rings. The summed E-state index contributed by atoms with van der Waals surface area (Å²) in [7, 11) is 1.64. The maximum atomic E-state index is 13.3. The molecule has 0 fully saturated rings. The van der Waals surface area contributed by atoms with Gasteiger partial charge in [-0.1, -0.05) is 37.3 Å². The van der Waals surface area contributed by atoms with E-state index in [1.165, 1.54) is 17.3 Å². The zero-order valence-corrected chi connectivity index (χ0v) is 19.3. The van der Waals surface area contributed by atoms with E-state index in [4.69, 9.17) is 14.1 Å². The van der Waals surface area contributed by atoms with Crippen molar-refractivity contribution in [2.24, 2.45) is 0 Å². The number of benzene rings is 2. The minimum Gasteiger partial charge on any atom is -0.497 e. The van der Waals surface area contributed by atoms with Crippen molar-refractivity contribution >= 4 is 44.4 Å². The number of para-hydroxylation sites is 1. The molecule has 0 saturated heterocycles. The van der Waals surface area contributed by atoms with E-state index in [1.54, 1.807) is 29.6 Å². The number of thioether (sulfide) groups is 1. The van der Waals surface area contributed by atoms with Gasteiger partial charge in [0.1, 0.15) is 11.5 Å². The van der Waals surface area contributed by atoms with E-state index in [2.05, 4.69) is 32.0 Å². The predicted octanol–water partition coefficient (Wildman–Crippen LogP) is 6.35. The van der Waals surface area contributed by atoms with Crippen LogP contribution in [0.3, 0.4) is 0 Å². The fourth-order valence-corrected chi connectivity index (χ4v) is 5.05. The van der Waals surface area contributed by atoms with Crippen molar-refractivity contribution in [3.8, 4) is 5.75 Å². The predicted molar refractivity (Wildman–Crippen MR) is 127 cm³/mol. The Kier molecular flexibility index (Phi) is 6.63. The summed E-state index contributed by atoms with van der Waals surface area (Å²) in [5.74, 6) is 2.18. The summed E-state index contributed by atoms with van der Waals surface area (Å²) in [4.78, 5) is 20.9. The number of nitrogens with zero attached hydrogens (tertiary/aromatic N) is 2. The molecule has 2 heterocycles. The number of hydrogen-bond donors (Lipinski definition) is 0. The Morgan fingerprint density at radius 1 is 1.16 bits per heavy atom. The van der Waals surface area contributed by atoms with Gasteiger partial charge in [0.15, 0.2) is 5.13 Å². The Morgan fingerprint density at radius 2 is 1.97 bits per heavy atom. The van der Waals surface area contributed by atoms with Gasteiger partial charge in [-0.25, -0.2) is 4.98 Å². The molecular formula is C24H24N2O3S2. The van der Waals surface area contributed by atoms with Gasteiger partial charge in [0.2, 0.25) is 5.91 Å². The molecule has 0 radical (unpaired) electrons. The number of methoxy groups -OCH3 is 1. The third kappa shape index (κ3) is 4.94. The van der Waals surface area contributed by atoms with Crippen LogP contribution < -0.4 is 9.64 Å². The highest BCUT2D eigenvalue weighted by Crippen LogP contribution is 2.34. The van der Waals surface area contributed by atoms with Gasteiger partial charge in [0.25, 0.3) is 0 Å². The topological polar surface area (TPSA) is 55.6 Å². The lowest BCUT2D eigenvalue weighted by atomic mass is 10.0. The molecule has 0 spiro atoms. The normalized spacial score (nSPS) is 11.2. The van der Waals surface area contributed by atoms with Gasteiger partial charge < -0.3 is 9.15 Å². The smallest absolute Gasteiger partial charge is 0.239 e. The van der Waals surface area contributed by atoms with Crippen molar-refractivity contribution in [3.63, 3.8) is 0 Å². The van der Waals surface area contributed by atoms with Gasteiger partial charge >= 0.3 is 0 Å². The Bertz CT molecular complexity index is 1150. The molecule has 0 aliphatic heterocycles. The number of anilines is 1. The van der Waals surface area contributed by atoms with E-state index < -0.39 is 0 Å². The number of carbonyl (C=O) groups excluding carboxylic acids is 1. The minimum absolute atomic E-state index is 0.0117. The van der Waals surface area contributed by atoms with E-state index >= 15 is 0 Å². The molecule has 0 atom stereocenters. The average molecular weight is 453 g/mol. The molecule has 0 aliphatic carbocycles. The van der Waals surface area contributed by atoms with Crippen molar-refractivity contribution < 1.29 is 13.9 Å². The zero-order chi connectivity index (χ0) is 21.8. The van der Waals surface area contributed by atoms with Crippen molar-refractivity contribution in [3.05, 3.63) is 72.2 Å². The third-order valence-corrected chi connectivity index (χ3v) is 6.95. The summed E-state index contributed by atoms with van der Waals surface area (Å²) in [5, 5.41) is 0.694. The van der Waals surface area contributed by atoms with Gasteiger partial charge in [-0.05, 0) is 53.9 Å². The number of amides is 1. The lowest BCUT2D eigenvalue weighted by molar-refractivity contribution is -0.116. The van der Waals surface area contributed by atoms with Crippen LogP contribution in [0.2, 0.25) is 0 Å². The maximum Gasteiger partial charge on any atom is 0.239 e. The number of hydrogen-bond acceptors (Lipinski definition) is 6. The van der Waals surface area contributed by atoms with E-state index in [9.17, 15) is 4.79 Å². The van der Waals surface area contributed by atoms with Gasteiger partial charge in [-0.15, -0.1) is 11.8 Å². The first kappa shape index (κ1) is 21.5. The summed E-state index contributed by atoms with van der Waals surface area (Å²) < 4.78 is 11.8. The van der Waals surface area contributed by atoms with Crippen molar-refractivity contribution in [2.45, 2.75) is 31.2 Å². The number of thiazole rings is 1. The number of ether oxygens (including phenoxy) is 1. The average Bonchev–Trinajstić information content (AvgIpc) is 3.45. The molecule has 0 unspecified atom stereocenters. The Balaban J connectivity index is 1.60. The van der Waals surface area contributed by atoms with E-state index in [1.807, 2.05) is 36.4 Å². The highest BCUT2D eigenvalue weighted by Gasteiger charge is 2.22. The molecule has 2 aromatic carbocycles. The summed E-state index contributed by atoms with van der Waals surface area (Å²) >= 11 is 3.04. The Labute approximate surface area is 190 Å². The van der Waals surface area contributed by atoms with E-state index in [-0.39, 0.29) is 5.91 Å². The van der Waals surface area contributed by atoms with Crippen LogP contribution in [0.4, 0.5) is 5.13 Å². The van der Waals surface area contributed by atoms with E-state index in [0.29, 0.717) is 23.3 Å². The lowest BCUT2D eigenvalue weighted by Gasteiger charge is -2.18. The van der Waals surface area contributed by atoms with Gasteiger partial charge in [-0.2, -0.15) is 0 Å². The van der Waals surface area contributed by atoms with Crippen molar-refractivity contribution in [1.29, 1.82) is 0 Å². The molecule has 31 heavy (non-hydrogen) atoms. The standard InChI is InChI=1S/C24H24N2O3S2/c1-16(2)20-7-4-8-21-23(20)25-24(31-21)26(14-18-6-5-13-29-18)22(27)15-30-19-11-9-17(28-3)10-12-19/h4-13,16H,14-15H2,1-3H3. The van der Waals surface area contributed by atoms with Crippen LogP contribution in [0.15, 0.2) is 70.2 Å². The molecule has 2 aromatic heterocycles. The number of carbonyl (C=O) groups is 1. The lowest BCUT2D eigenvalue weighted by Crippen LogP contribution is -2.31. The first-order valence-electron chi connectivity index (χ1n) is 10.0. The third-order valence-electron chi connectivity index (χ3n) is 4.91. The van der Waals surface area contributed by atoms with Crippen LogP contribution in [0.5, 0.6) is 5.75 Å². The second-order valence-corrected chi connectivity index (χ2v) is 9.43. The molecule has 5 nitrogen and oxygen atoms in total. The molecule has 160 valence electrons. The quantitative estimate of drug-likeness (QED) is 0.292. The van der Waals surface area contributed by atoms with Crippen molar-refractivity contribution in [2.75, 3.05) is 17.8 Å². The minimum atomic E-state index is -0.0117. The number of fused-ring (bicyclic) bond motifs is 1. The van der Waals surface area contributed by atoms with Crippen LogP contribution in [-0.2, 0) is 11.3 Å². The monoisotopic (exact) mass is 452 g/mol. The molecule has 1 amide bonds. The molecule has 0 saturated carbocycles. The fourth-order valence-electron chi connectivity index (χ4n) is 3.26. The SMILES string of the molecule is COc1ccc(SCC(=O)N(Cc2ccco2)c2nc3c(C(C)C)cccc3s2)cc1. The van der Waals surface area contributed by atoms with Gasteiger partial charge in [0.05, 0.1) is 35.9 Å². The molecule has 4 rings (SSSR count). The summed E-state index contributed by atoms with van der Waals surface area (Å²) in [6.07, 6.45) is 1.62. The summed E-state index contributed by atoms with van der Waals surface area (Å²) in [6, 6.07) is 17.6. The number of furan rings is 1. The first-order valence-corrected chi connectivity index (χ1v) is 11.8. The number of aromatic nitrogens is 1. The summed E-state index contributed by atoms with van der Waals surface area (Å²) in [6.45, 7) is 4.67. The zero-order valence-electron chi connectivity index (χ0n) is 17.7. The maximum absolute atomic E-state index is 13.3. The van der Waals surface area contributed by atoms with Crippen LogP contribution >= 0.6 is 23.1 Å². The first-order chi connectivity index (χ1) is 15.0. The molecule has 0 N–H and O–H groups in total. The fraction of sp³-hybridized carbons (Fsp3) is 0.250.